The van der Waals surface area contributed by atoms with Gasteiger partial charge < -0.3 is 9.84 Å². The highest BCUT2D eigenvalue weighted by molar-refractivity contribution is 9.10. The van der Waals surface area contributed by atoms with Gasteiger partial charge >= 0.3 is 0 Å². The molecule has 0 radical (unpaired) electrons. The number of thioether (sulfide) groups is 1. The van der Waals surface area contributed by atoms with E-state index in [-0.39, 0.29) is 11.8 Å². The molecule has 0 aliphatic carbocycles. The molecule has 0 N–H and O–H groups in total. The second kappa shape index (κ2) is 8.23. The standard InChI is InChI=1S/C21H19BrN4O3S/c1-4-17(27)25-16-8-6-5-7-13(16)18-19(28)23-21(30-3)24-26(18)20(25)14-11-12(29-2)9-10-15(14)22/h5-11,20H,4H2,1-3H3. The van der Waals surface area contributed by atoms with Crippen LogP contribution in [-0.4, -0.2) is 29.4 Å². The number of hydrogen-bond donors (Lipinski definition) is 0. The van der Waals surface area contributed by atoms with Crippen LogP contribution < -0.4 is 19.4 Å². The fraction of sp³-hybridized carbons (Fsp3) is 0.238. The number of para-hydroxylation sites is 1. The van der Waals surface area contributed by atoms with E-state index >= 15 is 0 Å². The van der Waals surface area contributed by atoms with Gasteiger partial charge in [0.15, 0.2) is 0 Å². The highest BCUT2D eigenvalue weighted by Crippen LogP contribution is 2.42. The van der Waals surface area contributed by atoms with Crippen molar-refractivity contribution in [2.45, 2.75) is 24.7 Å². The summed E-state index contributed by atoms with van der Waals surface area (Å²) in [5.74, 6) is 0.172. The molecule has 1 aromatic heterocycles. The zero-order valence-electron chi connectivity index (χ0n) is 16.6. The van der Waals surface area contributed by atoms with Crippen LogP contribution in [0.5, 0.6) is 11.6 Å². The first-order valence-corrected chi connectivity index (χ1v) is 11.3. The molecule has 30 heavy (non-hydrogen) atoms. The third-order valence-electron chi connectivity index (χ3n) is 4.95. The monoisotopic (exact) mass is 486 g/mol. The van der Waals surface area contributed by atoms with Crippen LogP contribution in [0.25, 0.3) is 11.3 Å². The molecule has 2 heterocycles. The number of rotatable bonds is 4. The number of anilines is 1. The van der Waals surface area contributed by atoms with Crippen molar-refractivity contribution in [3.05, 3.63) is 52.5 Å². The molecule has 1 aliphatic rings. The zero-order valence-corrected chi connectivity index (χ0v) is 19.0. The van der Waals surface area contributed by atoms with Crippen molar-refractivity contribution in [3.8, 4) is 22.9 Å². The molecule has 7 nitrogen and oxygen atoms in total. The summed E-state index contributed by atoms with van der Waals surface area (Å²) in [4.78, 5) is 19.0. The Balaban J connectivity index is 2.10. The topological polar surface area (TPSA) is 82.3 Å². The van der Waals surface area contributed by atoms with Gasteiger partial charge in [-0.15, -0.1) is 0 Å². The Kier molecular flexibility index (Phi) is 5.66. The average Bonchev–Trinajstić information content (AvgIpc) is 2.77. The Labute approximate surface area is 186 Å². The summed E-state index contributed by atoms with van der Waals surface area (Å²) in [5.41, 5.74) is 2.39. The van der Waals surface area contributed by atoms with E-state index < -0.39 is 6.17 Å². The number of methoxy groups -OCH3 is 1. The largest absolute Gasteiger partial charge is 0.854 e. The number of amides is 1. The van der Waals surface area contributed by atoms with Gasteiger partial charge in [-0.05, 0) is 36.6 Å². The molecule has 0 spiro atoms. The maximum absolute atomic E-state index is 13.2. The van der Waals surface area contributed by atoms with Gasteiger partial charge in [-0.3, -0.25) is 4.79 Å². The minimum atomic E-state index is -0.673. The number of benzene rings is 2. The summed E-state index contributed by atoms with van der Waals surface area (Å²) in [6, 6.07) is 12.9. The van der Waals surface area contributed by atoms with E-state index in [2.05, 4.69) is 26.0 Å². The van der Waals surface area contributed by atoms with Crippen LogP contribution in [0, 0.1) is 0 Å². The van der Waals surface area contributed by atoms with Gasteiger partial charge in [0.2, 0.25) is 5.91 Å². The third-order valence-corrected chi connectivity index (χ3v) is 6.21. The van der Waals surface area contributed by atoms with Crippen LogP contribution in [0.4, 0.5) is 5.69 Å². The number of carbonyl (C=O) groups excluding carboxylic acids is 1. The number of aromatic nitrogens is 3. The van der Waals surface area contributed by atoms with Crippen molar-refractivity contribution in [1.29, 1.82) is 0 Å². The van der Waals surface area contributed by atoms with Gasteiger partial charge in [0.05, 0.1) is 29.8 Å². The lowest BCUT2D eigenvalue weighted by atomic mass is 10.0. The van der Waals surface area contributed by atoms with Crippen LogP contribution in [-0.2, 0) is 4.79 Å². The average molecular weight is 487 g/mol. The predicted molar refractivity (Wildman–Crippen MR) is 116 cm³/mol. The van der Waals surface area contributed by atoms with E-state index in [1.54, 1.807) is 16.7 Å². The van der Waals surface area contributed by atoms with Crippen LogP contribution in [0.2, 0.25) is 0 Å². The molecule has 0 saturated carbocycles. The molecular weight excluding hydrogens is 468 g/mol. The van der Waals surface area contributed by atoms with E-state index in [0.717, 1.165) is 10.0 Å². The lowest BCUT2D eigenvalue weighted by molar-refractivity contribution is -0.764. The molecule has 154 valence electrons. The van der Waals surface area contributed by atoms with Crippen molar-refractivity contribution in [1.82, 2.24) is 10.1 Å². The first-order chi connectivity index (χ1) is 14.5. The van der Waals surface area contributed by atoms with Crippen molar-refractivity contribution in [2.75, 3.05) is 18.3 Å². The first kappa shape index (κ1) is 20.6. The Hall–Kier alpha value is -2.65. The predicted octanol–water partition coefficient (Wildman–Crippen LogP) is 3.30. The van der Waals surface area contributed by atoms with Crippen LogP contribution in [0.1, 0.15) is 25.1 Å². The number of hydrogen-bond acceptors (Lipinski definition) is 6. The fourth-order valence-electron chi connectivity index (χ4n) is 3.59. The zero-order chi connectivity index (χ0) is 21.4. The minimum Gasteiger partial charge on any atom is -0.854 e. The van der Waals surface area contributed by atoms with Crippen molar-refractivity contribution in [3.63, 3.8) is 0 Å². The van der Waals surface area contributed by atoms with E-state index in [1.807, 2.05) is 55.6 Å². The van der Waals surface area contributed by atoms with E-state index in [1.165, 1.54) is 11.8 Å². The fourth-order valence-corrected chi connectivity index (χ4v) is 4.38. The Bertz CT molecular complexity index is 1140. The minimum absolute atomic E-state index is 0.0860. The highest BCUT2D eigenvalue weighted by atomic mass is 79.9. The van der Waals surface area contributed by atoms with Gasteiger partial charge in [-0.1, -0.05) is 51.4 Å². The summed E-state index contributed by atoms with van der Waals surface area (Å²) in [6.07, 6.45) is 1.44. The molecule has 0 bridgehead atoms. The van der Waals surface area contributed by atoms with Gasteiger partial charge in [-0.2, -0.15) is 0 Å². The summed E-state index contributed by atoms with van der Waals surface area (Å²) in [6.45, 7) is 1.81. The van der Waals surface area contributed by atoms with Gasteiger partial charge in [0.25, 0.3) is 17.0 Å². The molecular formula is C21H19BrN4O3S. The second-order valence-corrected chi connectivity index (χ2v) is 8.22. The molecule has 0 saturated heterocycles. The molecule has 1 unspecified atom stereocenters. The number of carbonyl (C=O) groups is 1. The summed E-state index contributed by atoms with van der Waals surface area (Å²) in [5, 5.41) is 18.0. The number of halogens is 1. The summed E-state index contributed by atoms with van der Waals surface area (Å²) < 4.78 is 7.80. The Morgan fingerprint density at radius 3 is 2.80 bits per heavy atom. The maximum atomic E-state index is 13.2. The van der Waals surface area contributed by atoms with E-state index in [0.29, 0.717) is 34.3 Å². The lowest BCUT2D eigenvalue weighted by Crippen LogP contribution is -2.59. The molecule has 2 aromatic carbocycles. The molecule has 0 fully saturated rings. The third kappa shape index (κ3) is 3.31. The number of ether oxygens (including phenoxy) is 1. The highest BCUT2D eigenvalue weighted by Gasteiger charge is 2.45. The number of fused-ring (bicyclic) bond motifs is 3. The second-order valence-electron chi connectivity index (χ2n) is 6.59. The van der Waals surface area contributed by atoms with Crippen LogP contribution >= 0.6 is 27.7 Å². The van der Waals surface area contributed by atoms with Crippen molar-refractivity contribution < 1.29 is 19.3 Å². The molecule has 1 atom stereocenters. The number of nitrogens with zero attached hydrogens (tertiary/aromatic N) is 4. The normalized spacial score (nSPS) is 14.8. The van der Waals surface area contributed by atoms with E-state index in [9.17, 15) is 9.90 Å². The molecule has 3 aromatic rings. The lowest BCUT2D eigenvalue weighted by Gasteiger charge is -2.33. The van der Waals surface area contributed by atoms with Crippen LogP contribution in [0.15, 0.2) is 52.1 Å². The Morgan fingerprint density at radius 2 is 2.10 bits per heavy atom. The summed E-state index contributed by atoms with van der Waals surface area (Å²) in [7, 11) is 1.59. The van der Waals surface area contributed by atoms with Crippen LogP contribution in [0.3, 0.4) is 0 Å². The molecule has 1 aliphatic heterocycles. The van der Waals surface area contributed by atoms with Gasteiger partial charge in [-0.25, -0.2) is 9.88 Å². The van der Waals surface area contributed by atoms with Crippen molar-refractivity contribution >= 4 is 39.3 Å². The van der Waals surface area contributed by atoms with Crippen molar-refractivity contribution in [2.24, 2.45) is 0 Å². The SMILES string of the molecule is CCC(=O)N1c2ccccc2-c2c([O-])nc(SC)n[n+]2C1c1cc(OC)ccc1Br. The van der Waals surface area contributed by atoms with Gasteiger partial charge in [0, 0.05) is 16.0 Å². The molecule has 1 amide bonds. The molecule has 4 rings (SSSR count). The summed E-state index contributed by atoms with van der Waals surface area (Å²) >= 11 is 4.88. The maximum Gasteiger partial charge on any atom is 0.294 e. The quantitative estimate of drug-likeness (QED) is 0.415. The molecule has 9 heteroatoms. The van der Waals surface area contributed by atoms with Gasteiger partial charge in [0.1, 0.15) is 5.75 Å². The Morgan fingerprint density at radius 1 is 1.33 bits per heavy atom. The van der Waals surface area contributed by atoms with E-state index in [4.69, 9.17) is 4.74 Å². The smallest absolute Gasteiger partial charge is 0.294 e. The first-order valence-electron chi connectivity index (χ1n) is 9.29.